The molecule has 0 unspecified atom stereocenters. The van der Waals surface area contributed by atoms with Crippen molar-refractivity contribution in [2.24, 2.45) is 0 Å². The fraction of sp³-hybridized carbons (Fsp3) is 0.412. The Morgan fingerprint density at radius 2 is 2.21 bits per heavy atom. The van der Waals surface area contributed by atoms with Gasteiger partial charge in [-0.2, -0.15) is 0 Å². The third kappa shape index (κ3) is 2.45. The molecule has 2 aliphatic rings. The highest BCUT2D eigenvalue weighted by molar-refractivity contribution is 5.76. The van der Waals surface area contributed by atoms with E-state index in [0.717, 1.165) is 44.2 Å². The number of hydrogen-bond donors (Lipinski definition) is 2. The van der Waals surface area contributed by atoms with Gasteiger partial charge in [-0.3, -0.25) is 4.90 Å². The first-order valence-electron chi connectivity index (χ1n) is 8.26. The number of halogens is 1. The molecule has 1 aromatic heterocycles. The van der Waals surface area contributed by atoms with Crippen LogP contribution in [-0.4, -0.2) is 59.0 Å². The van der Waals surface area contributed by atoms with Crippen LogP contribution in [0.3, 0.4) is 0 Å². The lowest BCUT2D eigenvalue weighted by Gasteiger charge is -2.45. The first-order valence-corrected chi connectivity index (χ1v) is 8.26. The zero-order valence-corrected chi connectivity index (χ0v) is 13.5. The highest BCUT2D eigenvalue weighted by Gasteiger charge is 2.32. The number of hydrogen-bond acceptors (Lipinski definition) is 6. The van der Waals surface area contributed by atoms with Gasteiger partial charge in [0.05, 0.1) is 17.4 Å². The number of fused-ring (bicyclic) bond motifs is 3. The Morgan fingerprint density at radius 1 is 1.33 bits per heavy atom. The number of nitrogens with zero attached hydrogens (tertiary/aromatic N) is 4. The second kappa shape index (κ2) is 5.90. The van der Waals surface area contributed by atoms with E-state index in [1.165, 1.54) is 6.07 Å². The molecule has 6 nitrogen and oxygen atoms in total. The van der Waals surface area contributed by atoms with Crippen molar-refractivity contribution in [3.63, 3.8) is 0 Å². The van der Waals surface area contributed by atoms with Crippen molar-refractivity contribution < 1.29 is 9.50 Å². The molecule has 0 bridgehead atoms. The van der Waals surface area contributed by atoms with Crippen molar-refractivity contribution in [1.82, 2.24) is 15.1 Å². The van der Waals surface area contributed by atoms with Crippen LogP contribution in [0.15, 0.2) is 24.3 Å². The lowest BCUT2D eigenvalue weighted by molar-refractivity contribution is 0.235. The predicted molar refractivity (Wildman–Crippen MR) is 90.8 cm³/mol. The Labute approximate surface area is 139 Å². The van der Waals surface area contributed by atoms with Crippen molar-refractivity contribution in [2.75, 3.05) is 42.9 Å². The van der Waals surface area contributed by atoms with Crippen LogP contribution in [0.5, 0.6) is 5.75 Å². The first-order chi connectivity index (χ1) is 11.7. The third-order valence-electron chi connectivity index (χ3n) is 4.87. The summed E-state index contributed by atoms with van der Waals surface area (Å²) in [5, 5.41) is 21.7. The maximum absolute atomic E-state index is 13.6. The summed E-state index contributed by atoms with van der Waals surface area (Å²) in [5.74, 6) is -0.293. The Bertz CT molecular complexity index is 769. The SMILES string of the molecule is CCN1CCN2c3cc(-c4cccc(F)c4O)nnc3NC[C@H]2C1. The second-order valence-electron chi connectivity index (χ2n) is 6.22. The number of piperazine rings is 1. The molecule has 0 aliphatic carbocycles. The highest BCUT2D eigenvalue weighted by atomic mass is 19.1. The minimum Gasteiger partial charge on any atom is -0.504 e. The summed E-state index contributed by atoms with van der Waals surface area (Å²) in [4.78, 5) is 4.77. The van der Waals surface area contributed by atoms with Crippen molar-refractivity contribution >= 4 is 11.5 Å². The Kier molecular flexibility index (Phi) is 3.72. The number of phenolic OH excluding ortho intramolecular Hbond substituents is 1. The van der Waals surface area contributed by atoms with Crippen LogP contribution >= 0.6 is 0 Å². The van der Waals surface area contributed by atoms with Crippen LogP contribution in [-0.2, 0) is 0 Å². The van der Waals surface area contributed by atoms with Gasteiger partial charge in [-0.15, -0.1) is 10.2 Å². The molecule has 0 radical (unpaired) electrons. The average Bonchev–Trinajstić information content (AvgIpc) is 2.63. The molecule has 1 saturated heterocycles. The van der Waals surface area contributed by atoms with Crippen LogP contribution in [0, 0.1) is 5.82 Å². The molecule has 2 N–H and O–H groups in total. The van der Waals surface area contributed by atoms with E-state index in [4.69, 9.17) is 0 Å². The zero-order chi connectivity index (χ0) is 16.7. The standard InChI is InChI=1S/C17H20FN5O/c1-2-22-6-7-23-11(10-22)9-19-17-15(23)8-14(20-21-17)12-4-3-5-13(18)16(12)24/h3-5,8,11,24H,2,6-7,9-10H2,1H3,(H,19,21)/t11-/m0/s1. The summed E-state index contributed by atoms with van der Waals surface area (Å²) in [7, 11) is 0. The van der Waals surface area contributed by atoms with Gasteiger partial charge < -0.3 is 15.3 Å². The fourth-order valence-electron chi connectivity index (χ4n) is 3.49. The number of benzene rings is 1. The first kappa shape index (κ1) is 15.1. The summed E-state index contributed by atoms with van der Waals surface area (Å²) in [6, 6.07) is 6.71. The second-order valence-corrected chi connectivity index (χ2v) is 6.22. The lowest BCUT2D eigenvalue weighted by Crippen LogP contribution is -2.57. The molecular weight excluding hydrogens is 309 g/mol. The summed E-state index contributed by atoms with van der Waals surface area (Å²) in [6.45, 7) is 7.00. The Morgan fingerprint density at radius 3 is 3.04 bits per heavy atom. The molecule has 0 amide bonds. The summed E-state index contributed by atoms with van der Waals surface area (Å²) in [5.41, 5.74) is 1.81. The summed E-state index contributed by atoms with van der Waals surface area (Å²) in [6.07, 6.45) is 0. The zero-order valence-electron chi connectivity index (χ0n) is 13.5. The molecule has 24 heavy (non-hydrogen) atoms. The summed E-state index contributed by atoms with van der Waals surface area (Å²) >= 11 is 0. The van der Waals surface area contributed by atoms with Gasteiger partial charge in [0.15, 0.2) is 17.4 Å². The van der Waals surface area contributed by atoms with Crippen molar-refractivity contribution in [3.8, 4) is 17.0 Å². The van der Waals surface area contributed by atoms with E-state index >= 15 is 0 Å². The highest BCUT2D eigenvalue weighted by Crippen LogP contribution is 2.36. The van der Waals surface area contributed by atoms with Crippen molar-refractivity contribution in [1.29, 1.82) is 0 Å². The minimum atomic E-state index is -0.653. The molecule has 1 aromatic carbocycles. The third-order valence-corrected chi connectivity index (χ3v) is 4.87. The quantitative estimate of drug-likeness (QED) is 0.878. The Hall–Kier alpha value is -2.41. The predicted octanol–water partition coefficient (Wildman–Crippen LogP) is 1.92. The van der Waals surface area contributed by atoms with E-state index in [-0.39, 0.29) is 5.75 Å². The smallest absolute Gasteiger partial charge is 0.172 e. The topological polar surface area (TPSA) is 64.5 Å². The van der Waals surface area contributed by atoms with Gasteiger partial charge >= 0.3 is 0 Å². The monoisotopic (exact) mass is 329 g/mol. The number of aromatic nitrogens is 2. The molecule has 2 aliphatic heterocycles. The van der Waals surface area contributed by atoms with Gasteiger partial charge in [0, 0.05) is 31.7 Å². The van der Waals surface area contributed by atoms with Crippen LogP contribution in [0.1, 0.15) is 6.92 Å². The molecule has 0 saturated carbocycles. The van der Waals surface area contributed by atoms with E-state index in [1.54, 1.807) is 12.1 Å². The van der Waals surface area contributed by atoms with Gasteiger partial charge in [0.25, 0.3) is 0 Å². The number of anilines is 2. The number of rotatable bonds is 2. The maximum Gasteiger partial charge on any atom is 0.172 e. The van der Waals surface area contributed by atoms with Crippen LogP contribution in [0.2, 0.25) is 0 Å². The number of phenols is 1. The van der Waals surface area contributed by atoms with Gasteiger partial charge in [-0.1, -0.05) is 13.0 Å². The molecule has 0 spiro atoms. The van der Waals surface area contributed by atoms with Gasteiger partial charge in [0.1, 0.15) is 0 Å². The van der Waals surface area contributed by atoms with Crippen LogP contribution in [0.4, 0.5) is 15.9 Å². The van der Waals surface area contributed by atoms with E-state index in [2.05, 4.69) is 32.2 Å². The molecule has 3 heterocycles. The van der Waals surface area contributed by atoms with Crippen molar-refractivity contribution in [2.45, 2.75) is 13.0 Å². The lowest BCUT2D eigenvalue weighted by atomic mass is 10.1. The van der Waals surface area contributed by atoms with E-state index in [1.807, 2.05) is 6.07 Å². The molecule has 4 rings (SSSR count). The molecule has 2 aromatic rings. The largest absolute Gasteiger partial charge is 0.504 e. The van der Waals surface area contributed by atoms with Gasteiger partial charge in [-0.25, -0.2) is 4.39 Å². The molecule has 1 atom stereocenters. The molecule has 126 valence electrons. The van der Waals surface area contributed by atoms with Crippen LogP contribution in [0.25, 0.3) is 11.3 Å². The number of nitrogens with one attached hydrogen (secondary N) is 1. The van der Waals surface area contributed by atoms with Gasteiger partial charge in [-0.05, 0) is 24.7 Å². The minimum absolute atomic E-state index is 0.361. The molecular formula is C17H20FN5O. The van der Waals surface area contributed by atoms with Crippen molar-refractivity contribution in [3.05, 3.63) is 30.1 Å². The maximum atomic E-state index is 13.6. The number of para-hydroxylation sites is 1. The fourth-order valence-corrected chi connectivity index (χ4v) is 3.49. The number of likely N-dealkylation sites (N-methyl/N-ethyl adjacent to an activating group) is 1. The molecule has 1 fully saturated rings. The van der Waals surface area contributed by atoms with Crippen LogP contribution < -0.4 is 10.2 Å². The summed E-state index contributed by atoms with van der Waals surface area (Å²) < 4.78 is 13.6. The molecule has 7 heteroatoms. The van der Waals surface area contributed by atoms with E-state index in [9.17, 15) is 9.50 Å². The van der Waals surface area contributed by atoms with E-state index < -0.39 is 5.82 Å². The van der Waals surface area contributed by atoms with E-state index in [0.29, 0.717) is 17.3 Å². The normalized spacial score (nSPS) is 20.2. The average molecular weight is 329 g/mol. The Balaban J connectivity index is 1.72. The van der Waals surface area contributed by atoms with Gasteiger partial charge in [0.2, 0.25) is 0 Å². The number of aromatic hydroxyl groups is 1.